The Bertz CT molecular complexity index is 1640. The van der Waals surface area contributed by atoms with Crippen molar-refractivity contribution in [2.45, 2.75) is 25.2 Å². The molecule has 4 aromatic rings. The Morgan fingerprint density at radius 3 is 1.95 bits per heavy atom. The predicted molar refractivity (Wildman–Crippen MR) is 146 cm³/mol. The SMILES string of the molecule is Cc1cc(C)cc(NC(=O)C23c4ccccc4C(c4ccccc42)[C@@H]2C(=O)N(c4ccc(F)cc4)C(=O)[C@H]23)c1. The van der Waals surface area contributed by atoms with E-state index in [9.17, 15) is 18.8 Å². The summed E-state index contributed by atoms with van der Waals surface area (Å²) in [6.07, 6.45) is 0. The number of carbonyl (C=O) groups is 3. The molecule has 0 saturated carbocycles. The number of aryl methyl sites for hydroxylation is 2. The number of hydrogen-bond acceptors (Lipinski definition) is 3. The lowest BCUT2D eigenvalue weighted by molar-refractivity contribution is -0.132. The fourth-order valence-corrected chi connectivity index (χ4v) is 7.28. The van der Waals surface area contributed by atoms with Gasteiger partial charge < -0.3 is 5.32 Å². The lowest BCUT2D eigenvalue weighted by Crippen LogP contribution is -2.59. The van der Waals surface area contributed by atoms with Crippen LogP contribution in [-0.4, -0.2) is 17.7 Å². The molecule has 5 nitrogen and oxygen atoms in total. The van der Waals surface area contributed by atoms with E-state index in [0.717, 1.165) is 38.3 Å². The number of benzene rings is 4. The molecule has 0 radical (unpaired) electrons. The van der Waals surface area contributed by atoms with E-state index in [-0.39, 0.29) is 17.7 Å². The number of amides is 3. The first kappa shape index (κ1) is 23.5. The highest BCUT2D eigenvalue weighted by Gasteiger charge is 2.71. The highest BCUT2D eigenvalue weighted by molar-refractivity contribution is 6.26. The average Bonchev–Trinajstić information content (AvgIpc) is 3.19. The summed E-state index contributed by atoms with van der Waals surface area (Å²) in [6.45, 7) is 3.93. The lowest BCUT2D eigenvalue weighted by Gasteiger charge is -2.52. The van der Waals surface area contributed by atoms with Crippen molar-refractivity contribution in [1.82, 2.24) is 0 Å². The first-order valence-corrected chi connectivity index (χ1v) is 13.0. The molecule has 1 aliphatic heterocycles. The Morgan fingerprint density at radius 2 is 1.36 bits per heavy atom. The summed E-state index contributed by atoms with van der Waals surface area (Å²) in [5.41, 5.74) is 4.79. The maximum Gasteiger partial charge on any atom is 0.240 e. The Labute approximate surface area is 225 Å². The van der Waals surface area contributed by atoms with Gasteiger partial charge in [-0.05, 0) is 83.6 Å². The van der Waals surface area contributed by atoms with E-state index in [2.05, 4.69) is 5.32 Å². The van der Waals surface area contributed by atoms with E-state index < -0.39 is 29.0 Å². The first-order chi connectivity index (χ1) is 18.8. The second-order valence-corrected chi connectivity index (χ2v) is 10.8. The molecule has 6 heteroatoms. The molecule has 2 atom stereocenters. The molecule has 1 saturated heterocycles. The van der Waals surface area contributed by atoms with Gasteiger partial charge in [0.15, 0.2) is 0 Å². The van der Waals surface area contributed by atoms with E-state index in [1.807, 2.05) is 80.6 Å². The summed E-state index contributed by atoms with van der Waals surface area (Å²) in [6, 6.07) is 26.5. The fraction of sp³-hybridized carbons (Fsp3) is 0.182. The Balaban J connectivity index is 1.48. The Kier molecular flexibility index (Phi) is 4.95. The normalized spacial score (nSPS) is 24.3. The topological polar surface area (TPSA) is 66.5 Å². The van der Waals surface area contributed by atoms with Gasteiger partial charge in [-0.2, -0.15) is 0 Å². The van der Waals surface area contributed by atoms with Crippen LogP contribution in [0.1, 0.15) is 39.3 Å². The van der Waals surface area contributed by atoms with Crippen molar-refractivity contribution in [3.8, 4) is 0 Å². The van der Waals surface area contributed by atoms with Gasteiger partial charge in [-0.25, -0.2) is 9.29 Å². The van der Waals surface area contributed by atoms with Crippen LogP contribution in [0, 0.1) is 31.5 Å². The van der Waals surface area contributed by atoms with Crippen LogP contribution in [0.4, 0.5) is 15.8 Å². The summed E-state index contributed by atoms with van der Waals surface area (Å²) in [4.78, 5) is 44.4. The summed E-state index contributed by atoms with van der Waals surface area (Å²) >= 11 is 0. The van der Waals surface area contributed by atoms with Gasteiger partial charge in [0.1, 0.15) is 11.2 Å². The van der Waals surface area contributed by atoms with Crippen molar-refractivity contribution in [2.75, 3.05) is 10.2 Å². The van der Waals surface area contributed by atoms with Crippen molar-refractivity contribution in [3.63, 3.8) is 0 Å². The monoisotopic (exact) mass is 516 g/mol. The molecule has 3 aliphatic carbocycles. The smallest absolute Gasteiger partial charge is 0.240 e. The van der Waals surface area contributed by atoms with E-state index in [1.54, 1.807) is 0 Å². The summed E-state index contributed by atoms with van der Waals surface area (Å²) in [5.74, 6) is -3.70. The predicted octanol–water partition coefficient (Wildman–Crippen LogP) is 5.63. The molecule has 2 bridgehead atoms. The zero-order chi connectivity index (χ0) is 27.1. The van der Waals surface area contributed by atoms with Crippen molar-refractivity contribution in [3.05, 3.63) is 130 Å². The third kappa shape index (κ3) is 3.08. The molecule has 4 aliphatic rings. The second-order valence-electron chi connectivity index (χ2n) is 10.8. The molecular weight excluding hydrogens is 491 g/mol. The van der Waals surface area contributed by atoms with Crippen molar-refractivity contribution in [2.24, 2.45) is 11.8 Å². The molecular formula is C33H25FN2O3. The number of nitrogens with one attached hydrogen (secondary N) is 1. The number of halogens is 1. The number of hydrogen-bond donors (Lipinski definition) is 1. The van der Waals surface area contributed by atoms with Gasteiger partial charge in [0, 0.05) is 11.6 Å². The van der Waals surface area contributed by atoms with Gasteiger partial charge in [-0.15, -0.1) is 0 Å². The van der Waals surface area contributed by atoms with Crippen LogP contribution in [0.25, 0.3) is 0 Å². The molecule has 0 aromatic heterocycles. The van der Waals surface area contributed by atoms with Crippen LogP contribution in [0.15, 0.2) is 91.0 Å². The van der Waals surface area contributed by atoms with Gasteiger partial charge in [-0.1, -0.05) is 54.6 Å². The summed E-state index contributed by atoms with van der Waals surface area (Å²) in [5, 5.41) is 3.13. The minimum atomic E-state index is -1.42. The third-order valence-corrected chi connectivity index (χ3v) is 8.54. The molecule has 39 heavy (non-hydrogen) atoms. The number of rotatable bonds is 3. The van der Waals surface area contributed by atoms with Crippen LogP contribution in [0.2, 0.25) is 0 Å². The molecule has 8 rings (SSSR count). The Hall–Kier alpha value is -4.58. The number of carbonyl (C=O) groups excluding carboxylic acids is 3. The molecule has 3 amide bonds. The maximum atomic E-state index is 14.7. The number of anilines is 2. The lowest BCUT2D eigenvalue weighted by atomic mass is 9.47. The number of nitrogens with zero attached hydrogens (tertiary/aromatic N) is 1. The van der Waals surface area contributed by atoms with Crippen molar-refractivity contribution >= 4 is 29.1 Å². The van der Waals surface area contributed by atoms with Crippen LogP contribution in [0.5, 0.6) is 0 Å². The largest absolute Gasteiger partial charge is 0.325 e. The molecule has 0 spiro atoms. The zero-order valence-corrected chi connectivity index (χ0v) is 21.4. The van der Waals surface area contributed by atoms with Gasteiger partial charge in [0.05, 0.1) is 17.5 Å². The van der Waals surface area contributed by atoms with Crippen molar-refractivity contribution in [1.29, 1.82) is 0 Å². The van der Waals surface area contributed by atoms with E-state index in [4.69, 9.17) is 0 Å². The number of imide groups is 1. The minimum Gasteiger partial charge on any atom is -0.325 e. The van der Waals surface area contributed by atoms with E-state index >= 15 is 0 Å². The zero-order valence-electron chi connectivity index (χ0n) is 21.4. The average molecular weight is 517 g/mol. The highest BCUT2D eigenvalue weighted by atomic mass is 19.1. The molecule has 192 valence electrons. The highest BCUT2D eigenvalue weighted by Crippen LogP contribution is 2.64. The van der Waals surface area contributed by atoms with E-state index in [1.165, 1.54) is 24.3 Å². The summed E-state index contributed by atoms with van der Waals surface area (Å²) in [7, 11) is 0. The molecule has 1 N–H and O–H groups in total. The maximum absolute atomic E-state index is 14.7. The van der Waals surface area contributed by atoms with E-state index in [0.29, 0.717) is 11.4 Å². The van der Waals surface area contributed by atoms with Gasteiger partial charge >= 0.3 is 0 Å². The Morgan fingerprint density at radius 1 is 0.795 bits per heavy atom. The first-order valence-electron chi connectivity index (χ1n) is 13.0. The van der Waals surface area contributed by atoms with Gasteiger partial charge in [-0.3, -0.25) is 14.4 Å². The summed E-state index contributed by atoms with van der Waals surface area (Å²) < 4.78 is 13.7. The molecule has 4 aromatic carbocycles. The fourth-order valence-electron chi connectivity index (χ4n) is 7.28. The van der Waals surface area contributed by atoms with Gasteiger partial charge in [0.25, 0.3) is 0 Å². The third-order valence-electron chi connectivity index (χ3n) is 8.54. The standard InChI is InChI=1S/C33H25FN2O3/c1-18-15-19(2)17-21(16-18)35-32(39)33-25-9-5-3-7-23(25)27(24-8-4-6-10-26(24)33)28-29(33)31(38)36(30(28)37)22-13-11-20(34)12-14-22/h3-17,27-29H,1-2H3,(H,35,39)/t27?,28-,29-,33?/m0/s1. The van der Waals surface area contributed by atoms with Crippen LogP contribution < -0.4 is 10.2 Å². The quantitative estimate of drug-likeness (QED) is 0.359. The van der Waals surface area contributed by atoms with Crippen LogP contribution in [-0.2, 0) is 19.8 Å². The van der Waals surface area contributed by atoms with Gasteiger partial charge in [0.2, 0.25) is 17.7 Å². The molecule has 0 unspecified atom stereocenters. The minimum absolute atomic E-state index is 0.304. The van der Waals surface area contributed by atoms with Crippen molar-refractivity contribution < 1.29 is 18.8 Å². The second kappa shape index (κ2) is 8.21. The van der Waals surface area contributed by atoms with Crippen LogP contribution >= 0.6 is 0 Å². The molecule has 1 heterocycles. The van der Waals surface area contributed by atoms with Crippen LogP contribution in [0.3, 0.4) is 0 Å². The molecule has 1 fully saturated rings.